The van der Waals surface area contributed by atoms with Crippen LogP contribution < -0.4 is 19.8 Å². The van der Waals surface area contributed by atoms with Gasteiger partial charge in [-0.05, 0) is 31.9 Å². The van der Waals surface area contributed by atoms with Crippen molar-refractivity contribution in [1.29, 1.82) is 0 Å². The van der Waals surface area contributed by atoms with Crippen molar-refractivity contribution in [1.82, 2.24) is 30.2 Å². The second kappa shape index (κ2) is 8.84. The van der Waals surface area contributed by atoms with E-state index in [1.54, 1.807) is 25.1 Å². The van der Waals surface area contributed by atoms with Gasteiger partial charge < -0.3 is 15.1 Å². The normalized spacial score (nSPS) is 17.8. The van der Waals surface area contributed by atoms with Gasteiger partial charge in [0.05, 0.1) is 16.1 Å². The monoisotopic (exact) mass is 524 g/mol. The summed E-state index contributed by atoms with van der Waals surface area (Å²) in [4.78, 5) is 13.3. The maximum Gasteiger partial charge on any atom is 0.291 e. The van der Waals surface area contributed by atoms with E-state index in [1.165, 1.54) is 6.07 Å². The number of rotatable bonds is 7. The number of fused-ring (bicyclic) bond motifs is 1. The van der Waals surface area contributed by atoms with Crippen molar-refractivity contribution in [3.8, 4) is 10.7 Å². The molecule has 0 bridgehead atoms. The zero-order valence-corrected chi connectivity index (χ0v) is 21.2. The molecule has 14 heteroatoms. The van der Waals surface area contributed by atoms with E-state index >= 15 is 0 Å². The summed E-state index contributed by atoms with van der Waals surface area (Å²) < 4.78 is 55.9. The quantitative estimate of drug-likeness (QED) is 0.481. The smallest absolute Gasteiger partial charge is 0.291 e. The fourth-order valence-electron chi connectivity index (χ4n) is 3.93. The molecular formula is C21H26F2N8O2S2. The molecule has 3 heterocycles. The lowest BCUT2D eigenvalue weighted by molar-refractivity contribution is 0.150. The molecule has 2 fully saturated rings. The van der Waals surface area contributed by atoms with Crippen molar-refractivity contribution in [3.63, 3.8) is 0 Å². The van der Waals surface area contributed by atoms with Crippen LogP contribution in [0, 0.1) is 0 Å². The SMILES string of the molecule is CN(C)c1cc(S(=O)(=O)NC2(C)CC2)cc2c(-c3nnc(C(F)F)s3)nc(N3CCNCC3)nc12. The van der Waals surface area contributed by atoms with Crippen molar-refractivity contribution >= 4 is 43.9 Å². The topological polar surface area (TPSA) is 116 Å². The van der Waals surface area contributed by atoms with Gasteiger partial charge in [0.25, 0.3) is 6.43 Å². The van der Waals surface area contributed by atoms with E-state index in [4.69, 9.17) is 9.97 Å². The Labute approximate surface area is 205 Å². The molecule has 3 aromatic rings. The first-order valence-corrected chi connectivity index (χ1v) is 13.5. The summed E-state index contributed by atoms with van der Waals surface area (Å²) >= 11 is 0.740. The number of piperazine rings is 1. The second-order valence-corrected chi connectivity index (χ2v) is 11.9. The Morgan fingerprint density at radius 2 is 1.89 bits per heavy atom. The van der Waals surface area contributed by atoms with Crippen LogP contribution in [0.1, 0.15) is 31.2 Å². The fourth-order valence-corrected chi connectivity index (χ4v) is 6.15. The highest BCUT2D eigenvalue weighted by Crippen LogP contribution is 2.39. The molecule has 0 amide bonds. The molecule has 1 aliphatic heterocycles. The molecular weight excluding hydrogens is 498 g/mol. The van der Waals surface area contributed by atoms with E-state index in [-0.39, 0.29) is 15.6 Å². The second-order valence-electron chi connectivity index (χ2n) is 9.25. The molecule has 5 rings (SSSR count). The van der Waals surface area contributed by atoms with Crippen molar-refractivity contribution in [2.45, 2.75) is 36.6 Å². The Bertz CT molecular complexity index is 1370. The molecule has 35 heavy (non-hydrogen) atoms. The Morgan fingerprint density at radius 3 is 2.49 bits per heavy atom. The first kappa shape index (κ1) is 24.2. The zero-order valence-electron chi connectivity index (χ0n) is 19.5. The summed E-state index contributed by atoms with van der Waals surface area (Å²) in [5.74, 6) is 0.435. The number of hydrogen-bond donors (Lipinski definition) is 2. The lowest BCUT2D eigenvalue weighted by Crippen LogP contribution is -2.44. The molecule has 0 unspecified atom stereocenters. The number of aromatic nitrogens is 4. The number of anilines is 2. The molecule has 1 aliphatic carbocycles. The average molecular weight is 525 g/mol. The first-order chi connectivity index (χ1) is 16.6. The number of nitrogens with zero attached hydrogens (tertiary/aromatic N) is 6. The molecule has 2 aliphatic rings. The van der Waals surface area contributed by atoms with Crippen LogP contribution in [0.15, 0.2) is 17.0 Å². The Kier molecular flexibility index (Phi) is 6.10. The van der Waals surface area contributed by atoms with Crippen molar-refractivity contribution in [3.05, 3.63) is 17.1 Å². The van der Waals surface area contributed by atoms with Crippen LogP contribution in [0.4, 0.5) is 20.4 Å². The zero-order chi connectivity index (χ0) is 25.0. The van der Waals surface area contributed by atoms with E-state index in [1.807, 2.05) is 11.8 Å². The molecule has 2 N–H and O–H groups in total. The third kappa shape index (κ3) is 4.79. The van der Waals surface area contributed by atoms with Gasteiger partial charge in [-0.1, -0.05) is 11.3 Å². The minimum absolute atomic E-state index is 0.0557. The maximum absolute atomic E-state index is 13.3. The van der Waals surface area contributed by atoms with Gasteiger partial charge in [0, 0.05) is 51.2 Å². The molecule has 0 atom stereocenters. The van der Waals surface area contributed by atoms with Crippen molar-refractivity contribution in [2.24, 2.45) is 0 Å². The lowest BCUT2D eigenvalue weighted by Gasteiger charge is -2.28. The highest BCUT2D eigenvalue weighted by Gasteiger charge is 2.41. The van der Waals surface area contributed by atoms with E-state index < -0.39 is 27.0 Å². The van der Waals surface area contributed by atoms with Gasteiger partial charge in [-0.25, -0.2) is 31.9 Å². The van der Waals surface area contributed by atoms with Crippen LogP contribution in [-0.2, 0) is 10.0 Å². The van der Waals surface area contributed by atoms with Gasteiger partial charge >= 0.3 is 0 Å². The van der Waals surface area contributed by atoms with E-state index in [9.17, 15) is 17.2 Å². The number of hydrogen-bond acceptors (Lipinski definition) is 10. The average Bonchev–Trinajstić information content (AvgIpc) is 3.32. The number of halogens is 2. The molecule has 0 spiro atoms. The third-order valence-corrected chi connectivity index (χ3v) is 8.70. The number of benzene rings is 1. The van der Waals surface area contributed by atoms with Crippen LogP contribution in [0.25, 0.3) is 21.6 Å². The predicted octanol–water partition coefficient (Wildman–Crippen LogP) is 2.39. The number of alkyl halides is 2. The Morgan fingerprint density at radius 1 is 1.17 bits per heavy atom. The van der Waals surface area contributed by atoms with Crippen LogP contribution in [0.2, 0.25) is 0 Å². The molecule has 1 saturated heterocycles. The largest absolute Gasteiger partial charge is 0.376 e. The molecule has 188 valence electrons. The summed E-state index contributed by atoms with van der Waals surface area (Å²) in [5, 5.41) is 11.0. The molecule has 0 radical (unpaired) electrons. The standard InChI is InChI=1S/C21H26F2N8O2S2/c1-21(4-5-21)29-35(32,33)12-10-13-15(14(11-12)30(2)3)25-20(31-8-6-24-7-9-31)26-16(13)18-27-28-19(34-18)17(22)23/h10-11,17,24,29H,4-9H2,1-3H3. The Balaban J connectivity index is 1.75. The molecule has 1 saturated carbocycles. The minimum Gasteiger partial charge on any atom is -0.376 e. The summed E-state index contributed by atoms with van der Waals surface area (Å²) in [6.07, 6.45) is -1.23. The van der Waals surface area contributed by atoms with E-state index in [0.29, 0.717) is 35.6 Å². The van der Waals surface area contributed by atoms with E-state index in [0.717, 1.165) is 37.3 Å². The highest BCUT2D eigenvalue weighted by molar-refractivity contribution is 7.89. The predicted molar refractivity (Wildman–Crippen MR) is 131 cm³/mol. The number of nitrogens with one attached hydrogen (secondary N) is 2. The van der Waals surface area contributed by atoms with Gasteiger partial charge in [-0.2, -0.15) is 0 Å². The minimum atomic E-state index is -3.84. The number of sulfonamides is 1. The molecule has 10 nitrogen and oxygen atoms in total. The fraction of sp³-hybridized carbons (Fsp3) is 0.524. The highest BCUT2D eigenvalue weighted by atomic mass is 32.2. The van der Waals surface area contributed by atoms with Gasteiger partial charge in [0.15, 0.2) is 10.0 Å². The third-order valence-electron chi connectivity index (χ3n) is 6.14. The van der Waals surface area contributed by atoms with E-state index in [2.05, 4.69) is 20.2 Å². The lowest BCUT2D eigenvalue weighted by atomic mass is 10.1. The molecule has 1 aromatic carbocycles. The summed E-state index contributed by atoms with van der Waals surface area (Å²) in [7, 11) is -0.247. The first-order valence-electron chi connectivity index (χ1n) is 11.2. The van der Waals surface area contributed by atoms with Gasteiger partial charge in [0.1, 0.15) is 5.69 Å². The van der Waals surface area contributed by atoms with Crippen LogP contribution in [-0.4, -0.2) is 74.4 Å². The van der Waals surface area contributed by atoms with Crippen molar-refractivity contribution in [2.75, 3.05) is 50.1 Å². The van der Waals surface area contributed by atoms with Gasteiger partial charge in [-0.3, -0.25) is 0 Å². The summed E-state index contributed by atoms with van der Waals surface area (Å²) in [5.41, 5.74) is 0.912. The van der Waals surface area contributed by atoms with Gasteiger partial charge in [-0.15, -0.1) is 10.2 Å². The molecule has 2 aromatic heterocycles. The van der Waals surface area contributed by atoms with Gasteiger partial charge in [0.2, 0.25) is 16.0 Å². The summed E-state index contributed by atoms with van der Waals surface area (Å²) in [6.45, 7) is 4.73. The van der Waals surface area contributed by atoms with Crippen LogP contribution in [0.3, 0.4) is 0 Å². The van der Waals surface area contributed by atoms with Crippen LogP contribution >= 0.6 is 11.3 Å². The Hall–Kier alpha value is -2.55. The van der Waals surface area contributed by atoms with Crippen LogP contribution in [0.5, 0.6) is 0 Å². The van der Waals surface area contributed by atoms with Crippen molar-refractivity contribution < 1.29 is 17.2 Å². The maximum atomic E-state index is 13.3. The summed E-state index contributed by atoms with van der Waals surface area (Å²) in [6, 6.07) is 3.08.